The Morgan fingerprint density at radius 2 is 2.09 bits per heavy atom. The van der Waals surface area contributed by atoms with Gasteiger partial charge in [0.05, 0.1) is 10.6 Å². The Labute approximate surface area is 131 Å². The SMILES string of the molecule is CCCCc1nnc2n1N=C(c1ccc([N+](=O)[O-])cc1)CS2. The molecule has 1 aliphatic heterocycles. The molecule has 0 aliphatic carbocycles. The van der Waals surface area contributed by atoms with Crippen molar-refractivity contribution in [3.05, 3.63) is 45.8 Å². The van der Waals surface area contributed by atoms with Gasteiger partial charge in [0.1, 0.15) is 0 Å². The fourth-order valence-corrected chi connectivity index (χ4v) is 3.03. The standard InChI is InChI=1S/C14H15N5O2S/c1-2-3-4-13-15-16-14-18(13)17-12(9-22-14)10-5-7-11(8-6-10)19(20)21/h5-8H,2-4,9H2,1H3. The number of rotatable bonds is 5. The van der Waals surface area contributed by atoms with Crippen molar-refractivity contribution in [2.75, 3.05) is 5.75 Å². The average molecular weight is 317 g/mol. The molecule has 0 N–H and O–H groups in total. The second-order valence-electron chi connectivity index (χ2n) is 4.95. The van der Waals surface area contributed by atoms with Crippen LogP contribution in [-0.4, -0.2) is 31.3 Å². The molecule has 8 heteroatoms. The van der Waals surface area contributed by atoms with Gasteiger partial charge in [-0.25, -0.2) is 0 Å². The zero-order chi connectivity index (χ0) is 15.5. The number of unbranched alkanes of at least 4 members (excludes halogenated alkanes) is 1. The third-order valence-electron chi connectivity index (χ3n) is 3.40. The molecule has 1 aromatic carbocycles. The summed E-state index contributed by atoms with van der Waals surface area (Å²) in [5, 5.41) is 24.5. The van der Waals surface area contributed by atoms with Crippen LogP contribution in [0.2, 0.25) is 0 Å². The van der Waals surface area contributed by atoms with E-state index in [4.69, 9.17) is 0 Å². The molecule has 0 fully saturated rings. The first-order chi connectivity index (χ1) is 10.7. The zero-order valence-corrected chi connectivity index (χ0v) is 12.9. The van der Waals surface area contributed by atoms with Crippen LogP contribution < -0.4 is 0 Å². The maximum absolute atomic E-state index is 10.7. The number of hydrogen-bond donors (Lipinski definition) is 0. The number of aryl methyl sites for hydroxylation is 1. The third kappa shape index (κ3) is 2.87. The third-order valence-corrected chi connectivity index (χ3v) is 4.33. The van der Waals surface area contributed by atoms with E-state index in [-0.39, 0.29) is 5.69 Å². The number of aromatic nitrogens is 3. The minimum atomic E-state index is -0.401. The topological polar surface area (TPSA) is 86.2 Å². The quantitative estimate of drug-likeness (QED) is 0.625. The molecule has 1 aromatic heterocycles. The largest absolute Gasteiger partial charge is 0.269 e. The van der Waals surface area contributed by atoms with E-state index in [2.05, 4.69) is 22.2 Å². The van der Waals surface area contributed by atoms with Gasteiger partial charge < -0.3 is 0 Å². The van der Waals surface area contributed by atoms with Crippen molar-refractivity contribution in [2.45, 2.75) is 31.3 Å². The fraction of sp³-hybridized carbons (Fsp3) is 0.357. The van der Waals surface area contributed by atoms with Gasteiger partial charge in [0.15, 0.2) is 5.82 Å². The number of nitro benzene ring substituents is 1. The predicted octanol–water partition coefficient (Wildman–Crippen LogP) is 2.89. The number of nitrogens with zero attached hydrogens (tertiary/aromatic N) is 5. The van der Waals surface area contributed by atoms with E-state index in [0.717, 1.165) is 41.5 Å². The fourth-order valence-electron chi connectivity index (χ4n) is 2.18. The van der Waals surface area contributed by atoms with Crippen molar-refractivity contribution in [3.8, 4) is 0 Å². The first-order valence-corrected chi connectivity index (χ1v) is 8.07. The van der Waals surface area contributed by atoms with Crippen LogP contribution in [0, 0.1) is 10.1 Å². The lowest BCUT2D eigenvalue weighted by Crippen LogP contribution is -2.14. The van der Waals surface area contributed by atoms with Crippen LogP contribution in [-0.2, 0) is 6.42 Å². The normalized spacial score (nSPS) is 13.6. The minimum Gasteiger partial charge on any atom is -0.258 e. The van der Waals surface area contributed by atoms with Crippen molar-refractivity contribution in [3.63, 3.8) is 0 Å². The van der Waals surface area contributed by atoms with Crippen LogP contribution in [0.1, 0.15) is 31.2 Å². The Kier molecular flexibility index (Phi) is 4.19. The monoisotopic (exact) mass is 317 g/mol. The number of nitro groups is 1. The predicted molar refractivity (Wildman–Crippen MR) is 84.4 cm³/mol. The van der Waals surface area contributed by atoms with E-state index in [9.17, 15) is 10.1 Å². The Balaban J connectivity index is 1.89. The van der Waals surface area contributed by atoms with Gasteiger partial charge in [-0.15, -0.1) is 10.2 Å². The molecule has 0 saturated carbocycles. The molecule has 2 heterocycles. The molecule has 7 nitrogen and oxygen atoms in total. The van der Waals surface area contributed by atoms with Gasteiger partial charge in [-0.05, 0) is 24.1 Å². The molecule has 3 rings (SSSR count). The molecule has 1 aliphatic rings. The first-order valence-electron chi connectivity index (χ1n) is 7.09. The highest BCUT2D eigenvalue weighted by atomic mass is 32.2. The van der Waals surface area contributed by atoms with Crippen LogP contribution in [0.25, 0.3) is 0 Å². The molecular formula is C14H15N5O2S. The highest BCUT2D eigenvalue weighted by Gasteiger charge is 2.19. The molecule has 0 atom stereocenters. The molecule has 0 amide bonds. The molecule has 2 aromatic rings. The number of benzene rings is 1. The summed E-state index contributed by atoms with van der Waals surface area (Å²) in [6.07, 6.45) is 2.99. The van der Waals surface area contributed by atoms with Gasteiger partial charge in [-0.3, -0.25) is 10.1 Å². The molecule has 22 heavy (non-hydrogen) atoms. The van der Waals surface area contributed by atoms with Crippen molar-refractivity contribution < 1.29 is 4.92 Å². The number of fused-ring (bicyclic) bond motifs is 1. The van der Waals surface area contributed by atoms with Crippen molar-refractivity contribution in [1.82, 2.24) is 14.9 Å². The second kappa shape index (κ2) is 6.27. The molecule has 0 radical (unpaired) electrons. The molecular weight excluding hydrogens is 302 g/mol. The highest BCUT2D eigenvalue weighted by molar-refractivity contribution is 7.99. The van der Waals surface area contributed by atoms with Crippen LogP contribution in [0.4, 0.5) is 5.69 Å². The van der Waals surface area contributed by atoms with Gasteiger partial charge in [0.2, 0.25) is 5.16 Å². The smallest absolute Gasteiger partial charge is 0.258 e. The molecule has 0 spiro atoms. The summed E-state index contributed by atoms with van der Waals surface area (Å²) < 4.78 is 1.79. The Hall–Kier alpha value is -2.22. The Morgan fingerprint density at radius 3 is 2.77 bits per heavy atom. The summed E-state index contributed by atoms with van der Waals surface area (Å²) in [6, 6.07) is 6.47. The van der Waals surface area contributed by atoms with Gasteiger partial charge in [0.25, 0.3) is 5.69 Å². The highest BCUT2D eigenvalue weighted by Crippen LogP contribution is 2.25. The average Bonchev–Trinajstić information content (AvgIpc) is 2.95. The summed E-state index contributed by atoms with van der Waals surface area (Å²) in [4.78, 5) is 10.3. The zero-order valence-electron chi connectivity index (χ0n) is 12.1. The van der Waals surface area contributed by atoms with Crippen molar-refractivity contribution in [1.29, 1.82) is 0 Å². The van der Waals surface area contributed by atoms with Crippen LogP contribution >= 0.6 is 11.8 Å². The summed E-state index contributed by atoms with van der Waals surface area (Å²) in [5.74, 6) is 1.55. The van der Waals surface area contributed by atoms with Crippen molar-refractivity contribution >= 4 is 23.2 Å². The van der Waals surface area contributed by atoms with Crippen LogP contribution in [0.3, 0.4) is 0 Å². The summed E-state index contributed by atoms with van der Waals surface area (Å²) in [6.45, 7) is 2.13. The van der Waals surface area contributed by atoms with Gasteiger partial charge >= 0.3 is 0 Å². The van der Waals surface area contributed by atoms with E-state index in [0.29, 0.717) is 5.75 Å². The Bertz CT molecular complexity index is 723. The number of thioether (sulfide) groups is 1. The molecule has 0 saturated heterocycles. The summed E-state index contributed by atoms with van der Waals surface area (Å²) in [5.41, 5.74) is 1.85. The molecule has 0 unspecified atom stereocenters. The first kappa shape index (κ1) is 14.7. The number of hydrogen-bond acceptors (Lipinski definition) is 6. The van der Waals surface area contributed by atoms with Crippen LogP contribution in [0.5, 0.6) is 0 Å². The summed E-state index contributed by atoms with van der Waals surface area (Å²) in [7, 11) is 0. The maximum atomic E-state index is 10.7. The lowest BCUT2D eigenvalue weighted by atomic mass is 10.1. The van der Waals surface area contributed by atoms with E-state index in [1.807, 2.05) is 0 Å². The van der Waals surface area contributed by atoms with Gasteiger partial charge in [0, 0.05) is 24.3 Å². The minimum absolute atomic E-state index is 0.0847. The molecule has 114 valence electrons. The Morgan fingerprint density at radius 1 is 1.32 bits per heavy atom. The second-order valence-corrected chi connectivity index (χ2v) is 5.90. The van der Waals surface area contributed by atoms with Crippen molar-refractivity contribution in [2.24, 2.45) is 5.10 Å². The van der Waals surface area contributed by atoms with Gasteiger partial charge in [-0.1, -0.05) is 25.1 Å². The van der Waals surface area contributed by atoms with E-state index in [1.165, 1.54) is 12.1 Å². The van der Waals surface area contributed by atoms with Crippen LogP contribution in [0.15, 0.2) is 34.5 Å². The number of non-ortho nitro benzene ring substituents is 1. The van der Waals surface area contributed by atoms with E-state index in [1.54, 1.807) is 28.6 Å². The summed E-state index contributed by atoms with van der Waals surface area (Å²) >= 11 is 1.58. The molecule has 0 bridgehead atoms. The lowest BCUT2D eigenvalue weighted by molar-refractivity contribution is -0.384. The van der Waals surface area contributed by atoms with Gasteiger partial charge in [-0.2, -0.15) is 9.78 Å². The lowest BCUT2D eigenvalue weighted by Gasteiger charge is -2.13. The van der Waals surface area contributed by atoms with E-state index >= 15 is 0 Å². The van der Waals surface area contributed by atoms with E-state index < -0.39 is 4.92 Å². The maximum Gasteiger partial charge on any atom is 0.269 e.